The first-order chi connectivity index (χ1) is 5.57. The average molecular weight is 241 g/mol. The molecule has 0 saturated heterocycles. The lowest BCUT2D eigenvalue weighted by atomic mass is 10.2. The van der Waals surface area contributed by atoms with Crippen LogP contribution in [0.5, 0.6) is 0 Å². The van der Waals surface area contributed by atoms with Crippen molar-refractivity contribution in [3.63, 3.8) is 0 Å². The molecule has 1 nitrogen and oxygen atoms in total. The highest BCUT2D eigenvalue weighted by Crippen LogP contribution is 2.24. The Kier molecular flexibility index (Phi) is 2.74. The SMILES string of the molecule is OCc1cc(F)c(F)c(Br)c1F. The molecule has 0 saturated carbocycles. The van der Waals surface area contributed by atoms with Crippen LogP contribution in [0.1, 0.15) is 5.56 Å². The summed E-state index contributed by atoms with van der Waals surface area (Å²) in [6.07, 6.45) is 0. The van der Waals surface area contributed by atoms with Crippen LogP contribution in [-0.2, 0) is 6.61 Å². The summed E-state index contributed by atoms with van der Waals surface area (Å²) in [6.45, 7) is -0.665. The van der Waals surface area contributed by atoms with Gasteiger partial charge in [-0.1, -0.05) is 0 Å². The zero-order valence-corrected chi connectivity index (χ0v) is 7.33. The van der Waals surface area contributed by atoms with Gasteiger partial charge in [0.05, 0.1) is 11.1 Å². The average Bonchev–Trinajstić information content (AvgIpc) is 2.08. The quantitative estimate of drug-likeness (QED) is 0.591. The van der Waals surface area contributed by atoms with E-state index in [4.69, 9.17) is 5.11 Å². The van der Waals surface area contributed by atoms with Crippen molar-refractivity contribution in [2.24, 2.45) is 0 Å². The molecular formula is C7H4BrF3O. The second-order valence-corrected chi connectivity index (χ2v) is 2.91. The highest BCUT2D eigenvalue weighted by atomic mass is 79.9. The largest absolute Gasteiger partial charge is 0.392 e. The molecule has 0 aliphatic heterocycles. The molecule has 1 aromatic carbocycles. The number of aliphatic hydroxyl groups excluding tert-OH is 1. The van der Waals surface area contributed by atoms with Gasteiger partial charge in [0.2, 0.25) is 0 Å². The molecule has 1 N–H and O–H groups in total. The van der Waals surface area contributed by atoms with Gasteiger partial charge in [0.1, 0.15) is 5.82 Å². The zero-order valence-electron chi connectivity index (χ0n) is 5.74. The Balaban J connectivity index is 3.39. The normalized spacial score (nSPS) is 10.4. The van der Waals surface area contributed by atoms with Crippen molar-refractivity contribution in [2.45, 2.75) is 6.61 Å². The maximum absolute atomic E-state index is 12.8. The summed E-state index contributed by atoms with van der Waals surface area (Å²) in [6, 6.07) is 0.620. The fraction of sp³-hybridized carbons (Fsp3) is 0.143. The third-order valence-electron chi connectivity index (χ3n) is 1.35. The minimum Gasteiger partial charge on any atom is -0.392 e. The number of benzene rings is 1. The Morgan fingerprint density at radius 2 is 1.83 bits per heavy atom. The Bertz CT molecular complexity index is 314. The van der Waals surface area contributed by atoms with Crippen LogP contribution in [-0.4, -0.2) is 5.11 Å². The first-order valence-corrected chi connectivity index (χ1v) is 3.80. The number of aliphatic hydroxyl groups is 1. The summed E-state index contributed by atoms with van der Waals surface area (Å²) in [7, 11) is 0. The van der Waals surface area contributed by atoms with Crippen molar-refractivity contribution >= 4 is 15.9 Å². The van der Waals surface area contributed by atoms with Crippen molar-refractivity contribution in [1.29, 1.82) is 0 Å². The van der Waals surface area contributed by atoms with E-state index in [1.54, 1.807) is 0 Å². The lowest BCUT2D eigenvalue weighted by Crippen LogP contribution is -1.97. The third-order valence-corrected chi connectivity index (χ3v) is 2.04. The highest BCUT2D eigenvalue weighted by molar-refractivity contribution is 9.10. The molecule has 0 spiro atoms. The van der Waals surface area contributed by atoms with Gasteiger partial charge in [-0.25, -0.2) is 13.2 Å². The van der Waals surface area contributed by atoms with Crippen molar-refractivity contribution in [1.82, 2.24) is 0 Å². The van der Waals surface area contributed by atoms with Crippen LogP contribution in [0.2, 0.25) is 0 Å². The van der Waals surface area contributed by atoms with E-state index in [2.05, 4.69) is 15.9 Å². The number of hydrogen-bond acceptors (Lipinski definition) is 1. The Morgan fingerprint density at radius 1 is 1.25 bits per heavy atom. The van der Waals surface area contributed by atoms with Crippen LogP contribution < -0.4 is 0 Å². The molecule has 0 radical (unpaired) electrons. The maximum Gasteiger partial charge on any atom is 0.175 e. The molecule has 0 bridgehead atoms. The zero-order chi connectivity index (χ0) is 9.30. The van der Waals surface area contributed by atoms with E-state index in [0.717, 1.165) is 0 Å². The molecule has 1 rings (SSSR count). The standard InChI is InChI=1S/C7H4BrF3O/c8-5-6(10)3(2-12)1-4(9)7(5)11/h1,12H,2H2. The smallest absolute Gasteiger partial charge is 0.175 e. The summed E-state index contributed by atoms with van der Waals surface area (Å²) >= 11 is 2.52. The molecule has 5 heteroatoms. The van der Waals surface area contributed by atoms with Crippen LogP contribution in [0.15, 0.2) is 10.5 Å². The van der Waals surface area contributed by atoms with Gasteiger partial charge < -0.3 is 5.11 Å². The fourth-order valence-electron chi connectivity index (χ4n) is 0.737. The molecule has 0 heterocycles. The summed E-state index contributed by atoms with van der Waals surface area (Å²) in [5.41, 5.74) is -0.277. The van der Waals surface area contributed by atoms with E-state index in [0.29, 0.717) is 6.07 Å². The van der Waals surface area contributed by atoms with Gasteiger partial charge in [0.25, 0.3) is 0 Å². The Morgan fingerprint density at radius 3 is 2.33 bits per heavy atom. The molecule has 66 valence electrons. The van der Waals surface area contributed by atoms with Gasteiger partial charge in [-0.3, -0.25) is 0 Å². The Labute approximate surface area is 75.0 Å². The predicted octanol–water partition coefficient (Wildman–Crippen LogP) is 2.36. The van der Waals surface area contributed by atoms with E-state index in [9.17, 15) is 13.2 Å². The second-order valence-electron chi connectivity index (χ2n) is 2.12. The lowest BCUT2D eigenvalue weighted by Gasteiger charge is -2.02. The van der Waals surface area contributed by atoms with Gasteiger partial charge in [0, 0.05) is 5.56 Å². The van der Waals surface area contributed by atoms with Crippen LogP contribution >= 0.6 is 15.9 Å². The summed E-state index contributed by atoms with van der Waals surface area (Å²) < 4.78 is 37.3. The number of halogens is 4. The predicted molar refractivity (Wildman–Crippen MR) is 39.9 cm³/mol. The van der Waals surface area contributed by atoms with Gasteiger partial charge in [0.15, 0.2) is 11.6 Å². The minimum absolute atomic E-state index is 0.277. The number of rotatable bonds is 1. The van der Waals surface area contributed by atoms with Gasteiger partial charge in [-0.15, -0.1) is 0 Å². The van der Waals surface area contributed by atoms with E-state index < -0.39 is 28.5 Å². The van der Waals surface area contributed by atoms with Crippen molar-refractivity contribution in [2.75, 3.05) is 0 Å². The van der Waals surface area contributed by atoms with Crippen molar-refractivity contribution in [3.8, 4) is 0 Å². The van der Waals surface area contributed by atoms with E-state index >= 15 is 0 Å². The number of hydrogen-bond donors (Lipinski definition) is 1. The monoisotopic (exact) mass is 240 g/mol. The molecule has 0 aliphatic carbocycles. The second kappa shape index (κ2) is 3.45. The molecule has 0 aromatic heterocycles. The molecule has 0 atom stereocenters. The minimum atomic E-state index is -1.29. The third kappa shape index (κ3) is 1.47. The van der Waals surface area contributed by atoms with Crippen molar-refractivity contribution < 1.29 is 18.3 Å². The van der Waals surface area contributed by atoms with Gasteiger partial charge in [-0.2, -0.15) is 0 Å². The molecule has 12 heavy (non-hydrogen) atoms. The molecular weight excluding hydrogens is 237 g/mol. The van der Waals surface area contributed by atoms with Crippen LogP contribution in [0.3, 0.4) is 0 Å². The Hall–Kier alpha value is -0.550. The maximum atomic E-state index is 12.8. The molecule has 0 amide bonds. The first-order valence-electron chi connectivity index (χ1n) is 3.00. The first kappa shape index (κ1) is 9.54. The topological polar surface area (TPSA) is 20.2 Å². The molecule has 0 aliphatic rings. The van der Waals surface area contributed by atoms with Gasteiger partial charge >= 0.3 is 0 Å². The van der Waals surface area contributed by atoms with Gasteiger partial charge in [-0.05, 0) is 22.0 Å². The van der Waals surface area contributed by atoms with Crippen LogP contribution in [0.4, 0.5) is 13.2 Å². The van der Waals surface area contributed by atoms with E-state index in [-0.39, 0.29) is 5.56 Å². The summed E-state index contributed by atoms with van der Waals surface area (Å²) in [4.78, 5) is 0. The summed E-state index contributed by atoms with van der Waals surface area (Å²) in [5, 5.41) is 8.51. The molecule has 0 unspecified atom stereocenters. The van der Waals surface area contributed by atoms with Crippen LogP contribution in [0, 0.1) is 17.5 Å². The van der Waals surface area contributed by atoms with Crippen molar-refractivity contribution in [3.05, 3.63) is 33.6 Å². The van der Waals surface area contributed by atoms with E-state index in [1.165, 1.54) is 0 Å². The fourth-order valence-corrected chi connectivity index (χ4v) is 1.18. The molecule has 0 fully saturated rings. The van der Waals surface area contributed by atoms with E-state index in [1.807, 2.05) is 0 Å². The van der Waals surface area contributed by atoms with Crippen LogP contribution in [0.25, 0.3) is 0 Å². The lowest BCUT2D eigenvalue weighted by molar-refractivity contribution is 0.273. The highest BCUT2D eigenvalue weighted by Gasteiger charge is 2.15. The summed E-state index contributed by atoms with van der Waals surface area (Å²) in [5.74, 6) is -3.45. The molecule has 1 aromatic rings.